The van der Waals surface area contributed by atoms with E-state index >= 15 is 0 Å². The molecule has 162 valence electrons. The molecular formula is C27H19BrN2O2S. The molecule has 2 aliphatic rings. The molecule has 0 spiro atoms. The van der Waals surface area contributed by atoms with E-state index < -0.39 is 0 Å². The number of allylic oxidation sites excluding steroid dienone is 1. The van der Waals surface area contributed by atoms with Crippen molar-refractivity contribution in [3.63, 3.8) is 0 Å². The number of halogens is 1. The Labute approximate surface area is 202 Å². The normalized spacial score (nSPS) is 17.2. The van der Waals surface area contributed by atoms with E-state index in [1.54, 1.807) is 24.3 Å². The fourth-order valence-corrected chi connectivity index (χ4v) is 5.95. The molecule has 6 heteroatoms. The molecule has 4 aromatic rings. The summed E-state index contributed by atoms with van der Waals surface area (Å²) in [5, 5.41) is 9.59. The third kappa shape index (κ3) is 3.50. The summed E-state index contributed by atoms with van der Waals surface area (Å²) in [6.45, 7) is 0. The van der Waals surface area contributed by atoms with Gasteiger partial charge in [0.05, 0.1) is 16.3 Å². The van der Waals surface area contributed by atoms with Gasteiger partial charge in [0.25, 0.3) is 5.56 Å². The molecule has 0 saturated heterocycles. The number of aromatic hydroxyl groups is 1. The van der Waals surface area contributed by atoms with Crippen molar-refractivity contribution in [2.45, 2.75) is 18.9 Å². The number of thiazole rings is 1. The first-order chi connectivity index (χ1) is 16.1. The topological polar surface area (TPSA) is 54.6 Å². The van der Waals surface area contributed by atoms with Crippen LogP contribution in [0.4, 0.5) is 0 Å². The fourth-order valence-electron chi connectivity index (χ4n) is 4.69. The molecule has 3 aromatic carbocycles. The Morgan fingerprint density at radius 1 is 1.00 bits per heavy atom. The van der Waals surface area contributed by atoms with Gasteiger partial charge in [0, 0.05) is 10.0 Å². The second kappa shape index (κ2) is 7.97. The molecular weight excluding hydrogens is 496 g/mol. The Hall–Kier alpha value is -3.22. The first-order valence-electron chi connectivity index (χ1n) is 10.8. The Morgan fingerprint density at radius 3 is 2.55 bits per heavy atom. The van der Waals surface area contributed by atoms with Gasteiger partial charge < -0.3 is 5.11 Å². The number of nitrogens with zero attached hydrogens (tertiary/aromatic N) is 2. The lowest BCUT2D eigenvalue weighted by Gasteiger charge is -2.30. The highest BCUT2D eigenvalue weighted by Crippen LogP contribution is 2.41. The van der Waals surface area contributed by atoms with Crippen LogP contribution in [-0.4, -0.2) is 9.67 Å². The van der Waals surface area contributed by atoms with E-state index in [2.05, 4.69) is 52.3 Å². The maximum Gasteiger partial charge on any atom is 0.271 e. The van der Waals surface area contributed by atoms with E-state index in [1.165, 1.54) is 22.5 Å². The summed E-state index contributed by atoms with van der Waals surface area (Å²) in [4.78, 5) is 19.4. The van der Waals surface area contributed by atoms with Crippen LogP contribution in [0.3, 0.4) is 0 Å². The Bertz CT molecular complexity index is 1600. The van der Waals surface area contributed by atoms with Crippen LogP contribution in [0.1, 0.15) is 34.7 Å². The SMILES string of the molecule is O=c1/c(=C\c2ccc(O)cc2)sc2n1[C@@H](c1ccc(Br)cc1)C1=C(N=2)c2ccccc2CC1. The van der Waals surface area contributed by atoms with Crippen molar-refractivity contribution in [2.24, 2.45) is 4.99 Å². The van der Waals surface area contributed by atoms with E-state index in [-0.39, 0.29) is 17.4 Å². The molecule has 2 heterocycles. The van der Waals surface area contributed by atoms with Crippen LogP contribution in [-0.2, 0) is 6.42 Å². The minimum absolute atomic E-state index is 0.0369. The third-order valence-electron chi connectivity index (χ3n) is 6.25. The molecule has 1 N–H and O–H groups in total. The average molecular weight is 515 g/mol. The summed E-state index contributed by atoms with van der Waals surface area (Å²) >= 11 is 4.95. The van der Waals surface area contributed by atoms with Gasteiger partial charge in [0.2, 0.25) is 0 Å². The van der Waals surface area contributed by atoms with E-state index in [0.717, 1.165) is 39.7 Å². The quantitative estimate of drug-likeness (QED) is 0.418. The highest BCUT2D eigenvalue weighted by atomic mass is 79.9. The second-order valence-corrected chi connectivity index (χ2v) is 10.2. The summed E-state index contributed by atoms with van der Waals surface area (Å²) in [7, 11) is 0. The Balaban J connectivity index is 1.62. The van der Waals surface area contributed by atoms with Gasteiger partial charge in [-0.1, -0.05) is 75.8 Å². The van der Waals surface area contributed by atoms with Crippen molar-refractivity contribution in [2.75, 3.05) is 0 Å². The minimum Gasteiger partial charge on any atom is -0.508 e. The van der Waals surface area contributed by atoms with Gasteiger partial charge in [-0.25, -0.2) is 4.99 Å². The standard InChI is InChI=1S/C27H19BrN2O2S/c28-19-10-7-18(8-11-19)25-22-14-9-17-3-1-2-4-21(17)24(22)29-27-30(25)26(32)23(33-27)15-16-5-12-20(31)13-6-16/h1-8,10-13,15,25,31H,9,14H2/b23-15+/t25-/m0/s1. The van der Waals surface area contributed by atoms with Crippen LogP contribution >= 0.6 is 27.3 Å². The molecule has 1 aliphatic heterocycles. The number of phenols is 1. The van der Waals surface area contributed by atoms with Crippen molar-refractivity contribution < 1.29 is 5.11 Å². The van der Waals surface area contributed by atoms with E-state index in [9.17, 15) is 9.90 Å². The van der Waals surface area contributed by atoms with Gasteiger partial charge in [0.15, 0.2) is 4.80 Å². The smallest absolute Gasteiger partial charge is 0.271 e. The van der Waals surface area contributed by atoms with Crippen molar-refractivity contribution in [3.05, 3.63) is 125 Å². The van der Waals surface area contributed by atoms with Gasteiger partial charge in [-0.15, -0.1) is 0 Å². The Morgan fingerprint density at radius 2 is 1.76 bits per heavy atom. The molecule has 0 unspecified atom stereocenters. The number of hydrogen-bond acceptors (Lipinski definition) is 4. The summed E-state index contributed by atoms with van der Waals surface area (Å²) in [5.41, 5.74) is 6.58. The molecule has 0 fully saturated rings. The van der Waals surface area contributed by atoms with Crippen molar-refractivity contribution in [1.29, 1.82) is 0 Å². The molecule has 6 rings (SSSR count). The van der Waals surface area contributed by atoms with Crippen LogP contribution in [0.25, 0.3) is 11.8 Å². The number of fused-ring (bicyclic) bond motifs is 3. The molecule has 1 aromatic heterocycles. The van der Waals surface area contributed by atoms with Gasteiger partial charge in [-0.05, 0) is 65.4 Å². The van der Waals surface area contributed by atoms with Crippen molar-refractivity contribution >= 4 is 39.0 Å². The zero-order valence-electron chi connectivity index (χ0n) is 17.5. The molecule has 1 atom stereocenters. The average Bonchev–Trinajstić information content (AvgIpc) is 3.14. The number of aryl methyl sites for hydroxylation is 1. The van der Waals surface area contributed by atoms with Crippen LogP contribution in [0.2, 0.25) is 0 Å². The zero-order valence-corrected chi connectivity index (χ0v) is 19.9. The van der Waals surface area contributed by atoms with Gasteiger partial charge in [-0.2, -0.15) is 0 Å². The summed E-state index contributed by atoms with van der Waals surface area (Å²) in [6.07, 6.45) is 3.69. The summed E-state index contributed by atoms with van der Waals surface area (Å²) in [6, 6.07) is 23.3. The highest BCUT2D eigenvalue weighted by molar-refractivity contribution is 9.10. The number of aromatic nitrogens is 1. The molecule has 33 heavy (non-hydrogen) atoms. The molecule has 0 amide bonds. The maximum atomic E-state index is 13.7. The number of rotatable bonds is 2. The molecule has 0 saturated carbocycles. The number of phenolic OH excluding ortho intramolecular Hbond substituents is 1. The highest BCUT2D eigenvalue weighted by Gasteiger charge is 2.32. The number of benzene rings is 3. The van der Waals surface area contributed by atoms with Crippen LogP contribution < -0.4 is 14.9 Å². The van der Waals surface area contributed by atoms with E-state index in [4.69, 9.17) is 4.99 Å². The van der Waals surface area contributed by atoms with Gasteiger partial charge >= 0.3 is 0 Å². The van der Waals surface area contributed by atoms with Crippen LogP contribution in [0.5, 0.6) is 5.75 Å². The number of hydrogen-bond donors (Lipinski definition) is 1. The lowest BCUT2D eigenvalue weighted by Crippen LogP contribution is -2.38. The fraction of sp³-hybridized carbons (Fsp3) is 0.111. The lowest BCUT2D eigenvalue weighted by atomic mass is 9.83. The van der Waals surface area contributed by atoms with Crippen LogP contribution in [0.15, 0.2) is 92.6 Å². The van der Waals surface area contributed by atoms with Crippen molar-refractivity contribution in [1.82, 2.24) is 4.57 Å². The molecule has 1 aliphatic carbocycles. The Kier molecular flexibility index (Phi) is 4.93. The first kappa shape index (κ1) is 20.4. The molecule has 0 radical (unpaired) electrons. The van der Waals surface area contributed by atoms with E-state index in [1.807, 2.05) is 22.8 Å². The zero-order chi connectivity index (χ0) is 22.5. The third-order valence-corrected chi connectivity index (χ3v) is 7.76. The van der Waals surface area contributed by atoms with Crippen molar-refractivity contribution in [3.8, 4) is 5.75 Å². The summed E-state index contributed by atoms with van der Waals surface area (Å²) in [5.74, 6) is 0.204. The summed E-state index contributed by atoms with van der Waals surface area (Å²) < 4.78 is 3.50. The lowest BCUT2D eigenvalue weighted by molar-refractivity contribution is 0.475. The predicted octanol–water partition coefficient (Wildman–Crippen LogP) is 4.79. The molecule has 4 nitrogen and oxygen atoms in total. The minimum atomic E-state index is -0.181. The van der Waals surface area contributed by atoms with Gasteiger partial charge in [-0.3, -0.25) is 9.36 Å². The monoisotopic (exact) mass is 514 g/mol. The first-order valence-corrected chi connectivity index (χ1v) is 12.4. The second-order valence-electron chi connectivity index (χ2n) is 8.26. The van der Waals surface area contributed by atoms with Crippen LogP contribution in [0, 0.1) is 0 Å². The van der Waals surface area contributed by atoms with E-state index in [0.29, 0.717) is 9.33 Å². The largest absolute Gasteiger partial charge is 0.508 e. The maximum absolute atomic E-state index is 13.7. The van der Waals surface area contributed by atoms with Gasteiger partial charge in [0.1, 0.15) is 5.75 Å². The molecule has 0 bridgehead atoms. The predicted molar refractivity (Wildman–Crippen MR) is 135 cm³/mol.